The van der Waals surface area contributed by atoms with Gasteiger partial charge in [-0.05, 0) is 73.1 Å². The molecule has 55 heavy (non-hydrogen) atoms. The number of likely N-dealkylation sites (N-methyl/N-ethyl adjacent to an activating group) is 1. The molecule has 2 aromatic carbocycles. The fraction of sp³-hybridized carbons (Fsp3) is 0.231. The van der Waals surface area contributed by atoms with Gasteiger partial charge in [0.15, 0.2) is 11.6 Å². The number of methoxy groups -OCH3 is 1. The summed E-state index contributed by atoms with van der Waals surface area (Å²) in [6.07, 6.45) is 7.07. The van der Waals surface area contributed by atoms with E-state index in [2.05, 4.69) is 46.3 Å². The molecular formula is C39H42FN11O4. The number of rotatable bonds is 17. The molecule has 0 aliphatic rings. The summed E-state index contributed by atoms with van der Waals surface area (Å²) in [4.78, 5) is 38.3. The lowest BCUT2D eigenvalue weighted by Crippen LogP contribution is -2.40. The number of pyridine rings is 2. The normalized spacial score (nSPS) is 11.6. The van der Waals surface area contributed by atoms with Gasteiger partial charge >= 0.3 is 12.1 Å². The molecule has 4 amide bonds. The second kappa shape index (κ2) is 18.9. The third-order valence-corrected chi connectivity index (χ3v) is 8.58. The van der Waals surface area contributed by atoms with Crippen LogP contribution < -0.4 is 20.7 Å². The first kappa shape index (κ1) is 38.1. The van der Waals surface area contributed by atoms with Crippen LogP contribution in [0.5, 0.6) is 5.75 Å². The summed E-state index contributed by atoms with van der Waals surface area (Å²) < 4.78 is 25.6. The van der Waals surface area contributed by atoms with E-state index in [0.29, 0.717) is 54.7 Å². The number of ether oxygens (including phenoxy) is 2. The Balaban J connectivity index is 1.02. The lowest BCUT2D eigenvalue weighted by molar-refractivity contribution is 0.0353. The number of hydrogen-bond acceptors (Lipinski definition) is 9. The van der Waals surface area contributed by atoms with Gasteiger partial charge in [-0.2, -0.15) is 10.2 Å². The summed E-state index contributed by atoms with van der Waals surface area (Å²) in [7, 11) is 3.48. The number of aromatic amines is 2. The maximum atomic E-state index is 14.2. The van der Waals surface area contributed by atoms with E-state index < -0.39 is 17.9 Å². The second-order valence-electron chi connectivity index (χ2n) is 12.6. The standard InChI is InChI=1S/C39H42FN11O4/c1-50(18-19-51(25-27-5-3-8-32(21-27)54-2)39(53)45-37-24-35(47-49-37)29-11-16-42-17-12-29)26-55-20-13-33(30-6-4-7-31(40)22-30)43-38(52)44-36-23-34(46-48-36)28-9-14-41-15-10-28/h3-12,14-17,21-24,33H,13,18-20,25-26H2,1-2H3,(H2,45,47,49,53)(H3,43,44,46,48,52). The van der Waals surface area contributed by atoms with E-state index in [9.17, 15) is 14.0 Å². The van der Waals surface area contributed by atoms with E-state index in [-0.39, 0.29) is 19.4 Å². The Kier molecular flexibility index (Phi) is 13.1. The molecular weight excluding hydrogens is 705 g/mol. The highest BCUT2D eigenvalue weighted by Crippen LogP contribution is 2.22. The van der Waals surface area contributed by atoms with Crippen molar-refractivity contribution in [3.8, 4) is 28.3 Å². The van der Waals surface area contributed by atoms with E-state index in [4.69, 9.17) is 9.47 Å². The zero-order valence-corrected chi connectivity index (χ0v) is 30.4. The molecule has 1 unspecified atom stereocenters. The highest BCUT2D eigenvalue weighted by atomic mass is 19.1. The summed E-state index contributed by atoms with van der Waals surface area (Å²) in [6, 6.07) is 23.1. The molecule has 0 fully saturated rings. The molecule has 16 heteroatoms. The predicted octanol–water partition coefficient (Wildman–Crippen LogP) is 6.30. The third-order valence-electron chi connectivity index (χ3n) is 8.58. The monoisotopic (exact) mass is 747 g/mol. The Labute approximate surface area is 317 Å². The molecule has 0 saturated heterocycles. The fourth-order valence-corrected chi connectivity index (χ4v) is 5.70. The predicted molar refractivity (Wildman–Crippen MR) is 205 cm³/mol. The molecule has 6 rings (SSSR count). The maximum Gasteiger partial charge on any atom is 0.323 e. The summed E-state index contributed by atoms with van der Waals surface area (Å²) in [5, 5.41) is 22.9. The fourth-order valence-electron chi connectivity index (χ4n) is 5.70. The molecule has 284 valence electrons. The Bertz CT molecular complexity index is 2130. The van der Waals surface area contributed by atoms with Gasteiger partial charge in [-0.1, -0.05) is 24.3 Å². The van der Waals surface area contributed by atoms with Crippen molar-refractivity contribution in [2.24, 2.45) is 0 Å². The summed E-state index contributed by atoms with van der Waals surface area (Å²) in [6.45, 7) is 1.68. The molecule has 0 radical (unpaired) electrons. The SMILES string of the molecule is COc1cccc(CN(CCN(C)COCCC(NC(=O)Nc2cc(-c3ccncc3)[nH]n2)c2cccc(F)c2)C(=O)Nc2cc(-c3ccncc3)[nH]n2)c1. The van der Waals surface area contributed by atoms with Crippen LogP contribution in [-0.4, -0.2) is 92.8 Å². The largest absolute Gasteiger partial charge is 0.497 e. The van der Waals surface area contributed by atoms with Crippen LogP contribution in [0.1, 0.15) is 23.6 Å². The minimum absolute atomic E-state index is 0.246. The van der Waals surface area contributed by atoms with Gasteiger partial charge in [0.05, 0.1) is 37.9 Å². The first-order valence-electron chi connectivity index (χ1n) is 17.5. The maximum absolute atomic E-state index is 14.2. The van der Waals surface area contributed by atoms with E-state index in [0.717, 1.165) is 22.4 Å². The number of benzene rings is 2. The zero-order chi connectivity index (χ0) is 38.4. The first-order valence-corrected chi connectivity index (χ1v) is 17.5. The lowest BCUT2D eigenvalue weighted by Gasteiger charge is -2.26. The highest BCUT2D eigenvalue weighted by Gasteiger charge is 2.19. The number of carbonyl (C=O) groups is 2. The van der Waals surface area contributed by atoms with Crippen LogP contribution in [-0.2, 0) is 11.3 Å². The molecule has 0 saturated carbocycles. The Hall–Kier alpha value is -6.65. The summed E-state index contributed by atoms with van der Waals surface area (Å²) in [5.41, 5.74) is 4.72. The number of hydrogen-bond donors (Lipinski definition) is 5. The third kappa shape index (κ3) is 11.2. The Morgan fingerprint density at radius 2 is 1.47 bits per heavy atom. The highest BCUT2D eigenvalue weighted by molar-refractivity contribution is 5.89. The van der Waals surface area contributed by atoms with Gasteiger partial charge in [0, 0.05) is 67.7 Å². The average Bonchev–Trinajstić information content (AvgIpc) is 3.88. The van der Waals surface area contributed by atoms with Crippen molar-refractivity contribution in [3.63, 3.8) is 0 Å². The molecule has 4 aromatic heterocycles. The number of halogens is 1. The number of nitrogens with one attached hydrogen (secondary N) is 5. The minimum Gasteiger partial charge on any atom is -0.497 e. The van der Waals surface area contributed by atoms with Crippen molar-refractivity contribution in [1.29, 1.82) is 0 Å². The van der Waals surface area contributed by atoms with Crippen molar-refractivity contribution in [1.82, 2.24) is 45.5 Å². The second-order valence-corrected chi connectivity index (χ2v) is 12.6. The van der Waals surface area contributed by atoms with Gasteiger partial charge in [0.2, 0.25) is 0 Å². The first-order chi connectivity index (χ1) is 26.8. The van der Waals surface area contributed by atoms with Crippen molar-refractivity contribution in [2.75, 3.05) is 51.2 Å². The van der Waals surface area contributed by atoms with Crippen molar-refractivity contribution in [3.05, 3.63) is 127 Å². The molecule has 4 heterocycles. The van der Waals surface area contributed by atoms with Crippen LogP contribution in [0.15, 0.2) is 110 Å². The van der Waals surface area contributed by atoms with Crippen LogP contribution in [0, 0.1) is 5.82 Å². The van der Waals surface area contributed by atoms with E-state index >= 15 is 0 Å². The van der Waals surface area contributed by atoms with Crippen LogP contribution in [0.3, 0.4) is 0 Å². The van der Waals surface area contributed by atoms with E-state index in [1.807, 2.05) is 60.5 Å². The van der Waals surface area contributed by atoms with Gasteiger partial charge in [-0.15, -0.1) is 0 Å². The van der Waals surface area contributed by atoms with Crippen molar-refractivity contribution < 1.29 is 23.5 Å². The molecule has 0 spiro atoms. The molecule has 0 aliphatic heterocycles. The summed E-state index contributed by atoms with van der Waals surface area (Å²) in [5.74, 6) is 0.993. The van der Waals surface area contributed by atoms with Gasteiger partial charge in [-0.25, -0.2) is 14.0 Å². The number of aromatic nitrogens is 6. The molecule has 0 bridgehead atoms. The van der Waals surface area contributed by atoms with Crippen LogP contribution in [0.2, 0.25) is 0 Å². The quantitative estimate of drug-likeness (QED) is 0.0529. The smallest absolute Gasteiger partial charge is 0.323 e. The number of urea groups is 2. The number of anilines is 2. The minimum atomic E-state index is -0.553. The van der Waals surface area contributed by atoms with Crippen LogP contribution in [0.4, 0.5) is 25.6 Å². The zero-order valence-electron chi connectivity index (χ0n) is 30.4. The lowest BCUT2D eigenvalue weighted by atomic mass is 10.0. The molecule has 6 aromatic rings. The Morgan fingerprint density at radius 3 is 2.13 bits per heavy atom. The molecule has 0 aliphatic carbocycles. The summed E-state index contributed by atoms with van der Waals surface area (Å²) >= 11 is 0. The van der Waals surface area contributed by atoms with Gasteiger partial charge < -0.3 is 19.7 Å². The molecule has 15 nitrogen and oxygen atoms in total. The van der Waals surface area contributed by atoms with Crippen molar-refractivity contribution in [2.45, 2.75) is 19.0 Å². The number of carbonyl (C=O) groups excluding carboxylic acids is 2. The number of nitrogens with zero attached hydrogens (tertiary/aromatic N) is 6. The number of amides is 4. The van der Waals surface area contributed by atoms with Gasteiger partial charge in [0.25, 0.3) is 0 Å². The van der Waals surface area contributed by atoms with Gasteiger partial charge in [0.1, 0.15) is 11.6 Å². The topological polar surface area (TPSA) is 178 Å². The van der Waals surface area contributed by atoms with Crippen LogP contribution >= 0.6 is 0 Å². The number of H-pyrrole nitrogens is 2. The average molecular weight is 748 g/mol. The van der Waals surface area contributed by atoms with Gasteiger partial charge in [-0.3, -0.25) is 35.7 Å². The van der Waals surface area contributed by atoms with E-state index in [1.54, 1.807) is 61.1 Å². The van der Waals surface area contributed by atoms with Crippen LogP contribution in [0.25, 0.3) is 22.5 Å². The molecule has 1 atom stereocenters. The molecule has 5 N–H and O–H groups in total. The Morgan fingerprint density at radius 1 is 0.818 bits per heavy atom. The van der Waals surface area contributed by atoms with Crippen molar-refractivity contribution >= 4 is 23.7 Å². The van der Waals surface area contributed by atoms with E-state index in [1.165, 1.54) is 12.1 Å².